The van der Waals surface area contributed by atoms with Crippen molar-refractivity contribution >= 4 is 37.2 Å². The fourth-order valence-electron chi connectivity index (χ4n) is 0.853. The van der Waals surface area contributed by atoms with Crippen molar-refractivity contribution in [1.29, 1.82) is 0 Å². The van der Waals surface area contributed by atoms with Crippen LogP contribution in [0.5, 0.6) is 0 Å². The van der Waals surface area contributed by atoms with Crippen molar-refractivity contribution in [2.45, 2.75) is 5.03 Å². The van der Waals surface area contributed by atoms with Crippen molar-refractivity contribution in [3.05, 3.63) is 11.5 Å². The van der Waals surface area contributed by atoms with Crippen LogP contribution < -0.4 is 0 Å². The van der Waals surface area contributed by atoms with Crippen LogP contribution in [0.2, 0.25) is 5.15 Å². The Labute approximate surface area is 81.5 Å². The Morgan fingerprint density at radius 1 is 1.54 bits per heavy atom. The third kappa shape index (κ3) is 1.28. The van der Waals surface area contributed by atoms with E-state index in [4.69, 9.17) is 26.7 Å². The number of nitrogens with zero attached hydrogens (tertiary/aromatic N) is 3. The van der Waals surface area contributed by atoms with Crippen LogP contribution in [-0.2, 0) is 9.05 Å². The van der Waals surface area contributed by atoms with Crippen molar-refractivity contribution < 1.29 is 12.8 Å². The van der Waals surface area contributed by atoms with E-state index in [0.717, 1.165) is 10.9 Å². The second kappa shape index (κ2) is 2.60. The number of halogens is 2. The Morgan fingerprint density at radius 2 is 2.23 bits per heavy atom. The molecule has 0 aromatic carbocycles. The molecule has 2 heterocycles. The van der Waals surface area contributed by atoms with Gasteiger partial charge < -0.3 is 4.42 Å². The molecule has 13 heavy (non-hydrogen) atoms. The molecule has 0 unspecified atom stereocenters. The molecule has 0 spiro atoms. The third-order valence-corrected chi connectivity index (χ3v) is 2.94. The van der Waals surface area contributed by atoms with Gasteiger partial charge in [-0.1, -0.05) is 11.6 Å². The Bertz CT molecular complexity index is 556. The Kier molecular flexibility index (Phi) is 1.76. The van der Waals surface area contributed by atoms with Crippen molar-refractivity contribution in [3.8, 4) is 0 Å². The first-order valence-electron chi connectivity index (χ1n) is 2.92. The van der Waals surface area contributed by atoms with Crippen LogP contribution >= 0.6 is 22.3 Å². The quantitative estimate of drug-likeness (QED) is 0.694. The molecule has 0 radical (unpaired) electrons. The van der Waals surface area contributed by atoms with Gasteiger partial charge in [-0.15, -0.1) is 5.10 Å². The molecular weight excluding hydrogens is 241 g/mol. The monoisotopic (exact) mass is 241 g/mol. The summed E-state index contributed by atoms with van der Waals surface area (Å²) in [5, 5.41) is 2.89. The molecule has 0 aliphatic rings. The average Bonchev–Trinajstić information content (AvgIpc) is 2.41. The summed E-state index contributed by atoms with van der Waals surface area (Å²) >= 11 is 5.50. The summed E-state index contributed by atoms with van der Waals surface area (Å²) in [6.45, 7) is 0. The van der Waals surface area contributed by atoms with E-state index in [-0.39, 0.29) is 16.0 Å². The van der Waals surface area contributed by atoms with Crippen LogP contribution in [0.3, 0.4) is 0 Å². The predicted octanol–water partition coefficient (Wildman–Crippen LogP) is 0.903. The van der Waals surface area contributed by atoms with E-state index in [2.05, 4.69) is 10.1 Å². The van der Waals surface area contributed by atoms with Gasteiger partial charge in [0.1, 0.15) is 0 Å². The molecule has 2 aromatic rings. The minimum Gasteiger partial charge on any atom is -0.410 e. The summed E-state index contributed by atoms with van der Waals surface area (Å²) in [7, 11) is 1.12. The summed E-state index contributed by atoms with van der Waals surface area (Å²) in [4.78, 5) is 3.58. The van der Waals surface area contributed by atoms with E-state index in [0.29, 0.717) is 0 Å². The third-order valence-electron chi connectivity index (χ3n) is 1.30. The number of imidazole rings is 1. The molecule has 0 aliphatic heterocycles. The smallest absolute Gasteiger partial charge is 0.327 e. The molecule has 2 rings (SSSR count). The number of aromatic nitrogens is 3. The van der Waals surface area contributed by atoms with Crippen molar-refractivity contribution in [2.75, 3.05) is 0 Å². The highest BCUT2D eigenvalue weighted by atomic mass is 35.7. The molecule has 6 nitrogen and oxygen atoms in total. The largest absolute Gasteiger partial charge is 0.410 e. The van der Waals surface area contributed by atoms with Gasteiger partial charge in [-0.05, 0) is 0 Å². The molecule has 0 atom stereocenters. The van der Waals surface area contributed by atoms with Gasteiger partial charge in [0, 0.05) is 10.7 Å². The summed E-state index contributed by atoms with van der Waals surface area (Å²) in [6.07, 6.45) is 1.03. The molecule has 0 amide bonds. The first kappa shape index (κ1) is 8.79. The number of hydrogen-bond acceptors (Lipinski definition) is 5. The van der Waals surface area contributed by atoms with Crippen LogP contribution in [0.15, 0.2) is 15.8 Å². The average molecular weight is 242 g/mol. The van der Waals surface area contributed by atoms with Crippen LogP contribution in [0, 0.1) is 0 Å². The second-order valence-electron chi connectivity index (χ2n) is 2.08. The van der Waals surface area contributed by atoms with Gasteiger partial charge in [0.15, 0.2) is 5.15 Å². The number of rotatable bonds is 1. The maximum absolute atomic E-state index is 11.0. The predicted molar refractivity (Wildman–Crippen MR) is 43.3 cm³/mol. The fourth-order valence-corrected chi connectivity index (χ4v) is 2.42. The molecule has 0 N–H and O–H groups in total. The molecular formula is C4HCl2N3O3S. The first-order valence-corrected chi connectivity index (χ1v) is 5.61. The fraction of sp³-hybridized carbons (Fsp3) is 0. The molecule has 0 bridgehead atoms. The van der Waals surface area contributed by atoms with Crippen molar-refractivity contribution in [2.24, 2.45) is 0 Å². The van der Waals surface area contributed by atoms with Gasteiger partial charge in [-0.2, -0.15) is 9.50 Å². The Balaban J connectivity index is 2.94. The lowest BCUT2D eigenvalue weighted by Crippen LogP contribution is -1.97. The highest BCUT2D eigenvalue weighted by Gasteiger charge is 2.24. The van der Waals surface area contributed by atoms with Crippen molar-refractivity contribution in [3.63, 3.8) is 0 Å². The van der Waals surface area contributed by atoms with Gasteiger partial charge in [-0.25, -0.2) is 8.42 Å². The summed E-state index contributed by atoms with van der Waals surface area (Å²) in [5.74, 6) is -0.0239. The summed E-state index contributed by atoms with van der Waals surface area (Å²) in [6, 6.07) is 0. The topological polar surface area (TPSA) is 77.5 Å². The lowest BCUT2D eigenvalue weighted by molar-refractivity contribution is 0.588. The van der Waals surface area contributed by atoms with Crippen LogP contribution in [-0.4, -0.2) is 23.0 Å². The molecule has 0 aliphatic carbocycles. The van der Waals surface area contributed by atoms with E-state index in [1.54, 1.807) is 0 Å². The van der Waals surface area contributed by atoms with Crippen LogP contribution in [0.1, 0.15) is 0 Å². The van der Waals surface area contributed by atoms with Gasteiger partial charge in [0.2, 0.25) is 11.4 Å². The first-order chi connectivity index (χ1) is 6.00. The van der Waals surface area contributed by atoms with E-state index in [1.807, 2.05) is 0 Å². The lowest BCUT2D eigenvalue weighted by atomic mass is 10.9. The number of fused-ring (bicyclic) bond motifs is 1. The van der Waals surface area contributed by atoms with Gasteiger partial charge >= 0.3 is 5.84 Å². The molecule has 70 valence electrons. The van der Waals surface area contributed by atoms with Crippen LogP contribution in [0.4, 0.5) is 0 Å². The Morgan fingerprint density at radius 3 is 2.85 bits per heavy atom. The number of hydrogen-bond donors (Lipinski definition) is 0. The zero-order chi connectivity index (χ0) is 9.64. The minimum atomic E-state index is -3.97. The summed E-state index contributed by atoms with van der Waals surface area (Å²) in [5.41, 5.74) is 0. The normalized spacial score (nSPS) is 12.5. The SMILES string of the molecule is O=S(=O)(Cl)c1c(Cl)nc2ocnn12. The van der Waals surface area contributed by atoms with Crippen molar-refractivity contribution in [1.82, 2.24) is 14.6 Å². The van der Waals surface area contributed by atoms with Crippen LogP contribution in [0.25, 0.3) is 5.84 Å². The lowest BCUT2D eigenvalue weighted by Gasteiger charge is -1.89. The van der Waals surface area contributed by atoms with Gasteiger partial charge in [0.05, 0.1) is 0 Å². The molecule has 0 fully saturated rings. The standard InChI is InChI=1S/C4HCl2N3O3S/c5-2-3(13(6,10)11)9-4(8-2)12-1-7-9/h1H. The maximum atomic E-state index is 11.0. The highest BCUT2D eigenvalue weighted by Crippen LogP contribution is 2.24. The van der Waals surface area contributed by atoms with E-state index in [9.17, 15) is 8.42 Å². The van der Waals surface area contributed by atoms with E-state index >= 15 is 0 Å². The second-order valence-corrected chi connectivity index (χ2v) is 4.92. The minimum absolute atomic E-state index is 0.0239. The zero-order valence-corrected chi connectivity index (χ0v) is 8.14. The van der Waals surface area contributed by atoms with Gasteiger partial charge in [0.25, 0.3) is 9.05 Å². The molecule has 0 saturated heterocycles. The Hall–Kier alpha value is -0.790. The highest BCUT2D eigenvalue weighted by molar-refractivity contribution is 8.13. The molecule has 0 saturated carbocycles. The zero-order valence-electron chi connectivity index (χ0n) is 5.81. The molecule has 9 heteroatoms. The van der Waals surface area contributed by atoms with E-state index < -0.39 is 9.05 Å². The summed E-state index contributed by atoms with van der Waals surface area (Å²) < 4.78 is 27.5. The molecule has 2 aromatic heterocycles. The van der Waals surface area contributed by atoms with Gasteiger partial charge in [-0.3, -0.25) is 0 Å². The van der Waals surface area contributed by atoms with E-state index in [1.165, 1.54) is 0 Å². The maximum Gasteiger partial charge on any atom is 0.327 e.